The number of carbonyl (C=O) groups is 2. The number of esters is 2. The minimum atomic E-state index is -0.544. The Kier molecular flexibility index (Phi) is 3.96. The Morgan fingerprint density at radius 2 is 1.96 bits per heavy atom. The van der Waals surface area contributed by atoms with E-state index in [1.165, 1.54) is 6.92 Å². The van der Waals surface area contributed by atoms with Gasteiger partial charge in [0.15, 0.2) is 5.79 Å². The summed E-state index contributed by atoms with van der Waals surface area (Å²) < 4.78 is 22.9. The summed E-state index contributed by atoms with van der Waals surface area (Å²) in [6.45, 7) is 7.06. The maximum Gasteiger partial charge on any atom is 0.338 e. The second-order valence-electron chi connectivity index (χ2n) is 8.09. The summed E-state index contributed by atoms with van der Waals surface area (Å²) in [7, 11) is 0. The summed E-state index contributed by atoms with van der Waals surface area (Å²) in [6.07, 6.45) is 3.46. The lowest BCUT2D eigenvalue weighted by molar-refractivity contribution is -0.255. The number of carbonyl (C=O) groups excluding carboxylic acids is 2. The van der Waals surface area contributed by atoms with E-state index in [1.807, 2.05) is 0 Å². The van der Waals surface area contributed by atoms with E-state index in [0.29, 0.717) is 18.8 Å². The standard InChI is InChI=1S/C19H26O6/c1-11-15-16-13(14(17(21)25-16)10-22-12(2)20)4-5-18(15,3)6-7-19(11)23-8-9-24-19/h11,15-16H,4-10H2,1-3H3/t11-,15+,16-,18-/m0/s1. The van der Waals surface area contributed by atoms with Crippen molar-refractivity contribution in [2.45, 2.75) is 58.3 Å². The molecular weight excluding hydrogens is 324 g/mol. The van der Waals surface area contributed by atoms with Gasteiger partial charge in [-0.3, -0.25) is 4.79 Å². The van der Waals surface area contributed by atoms with Gasteiger partial charge in [0, 0.05) is 25.2 Å². The Labute approximate surface area is 147 Å². The van der Waals surface area contributed by atoms with Crippen LogP contribution in [0.25, 0.3) is 0 Å². The zero-order chi connectivity index (χ0) is 17.8. The molecule has 4 atom stereocenters. The van der Waals surface area contributed by atoms with Crippen LogP contribution in [0.15, 0.2) is 11.1 Å². The molecule has 2 heterocycles. The van der Waals surface area contributed by atoms with Crippen molar-refractivity contribution in [1.82, 2.24) is 0 Å². The Balaban J connectivity index is 1.66. The molecule has 2 aliphatic heterocycles. The van der Waals surface area contributed by atoms with E-state index in [0.717, 1.165) is 31.3 Å². The second kappa shape index (κ2) is 5.81. The SMILES string of the molecule is CC(=O)OCC1=C2CC[C@@]3(C)CCC4(OCCO4)[C@@H](C)[C@@H]3[C@H]2OC1=O. The molecule has 2 saturated carbocycles. The summed E-state index contributed by atoms with van der Waals surface area (Å²) in [5, 5.41) is 0. The Bertz CT molecular complexity index is 632. The summed E-state index contributed by atoms with van der Waals surface area (Å²) in [5.41, 5.74) is 1.64. The predicted molar refractivity (Wildman–Crippen MR) is 87.4 cm³/mol. The third kappa shape index (κ3) is 2.53. The van der Waals surface area contributed by atoms with Gasteiger partial charge in [-0.1, -0.05) is 13.8 Å². The van der Waals surface area contributed by atoms with Crippen LogP contribution >= 0.6 is 0 Å². The molecule has 0 unspecified atom stereocenters. The van der Waals surface area contributed by atoms with Crippen LogP contribution in [-0.4, -0.2) is 43.7 Å². The molecule has 0 amide bonds. The number of rotatable bonds is 2. The van der Waals surface area contributed by atoms with Gasteiger partial charge in [-0.05, 0) is 30.3 Å². The van der Waals surface area contributed by atoms with Crippen molar-refractivity contribution in [3.63, 3.8) is 0 Å². The summed E-state index contributed by atoms with van der Waals surface area (Å²) in [6, 6.07) is 0. The highest BCUT2D eigenvalue weighted by atomic mass is 16.7. The van der Waals surface area contributed by atoms with E-state index in [4.69, 9.17) is 18.9 Å². The largest absolute Gasteiger partial charge is 0.461 e. The lowest BCUT2D eigenvalue weighted by atomic mass is 9.53. The van der Waals surface area contributed by atoms with Crippen molar-refractivity contribution >= 4 is 11.9 Å². The zero-order valence-corrected chi connectivity index (χ0v) is 15.1. The van der Waals surface area contributed by atoms with Crippen LogP contribution in [0, 0.1) is 17.3 Å². The first-order chi connectivity index (χ1) is 11.9. The van der Waals surface area contributed by atoms with E-state index in [-0.39, 0.29) is 41.9 Å². The van der Waals surface area contributed by atoms with Gasteiger partial charge in [0.25, 0.3) is 0 Å². The third-order valence-corrected chi connectivity index (χ3v) is 6.78. The van der Waals surface area contributed by atoms with Gasteiger partial charge in [0.2, 0.25) is 0 Å². The molecule has 0 bridgehead atoms. The molecule has 0 aromatic rings. The van der Waals surface area contributed by atoms with E-state index >= 15 is 0 Å². The maximum absolute atomic E-state index is 12.4. The molecule has 0 aromatic carbocycles. The average molecular weight is 350 g/mol. The van der Waals surface area contributed by atoms with Crippen molar-refractivity contribution in [1.29, 1.82) is 0 Å². The van der Waals surface area contributed by atoms with Crippen molar-refractivity contribution in [3.05, 3.63) is 11.1 Å². The van der Waals surface area contributed by atoms with E-state index in [9.17, 15) is 9.59 Å². The fraction of sp³-hybridized carbons (Fsp3) is 0.789. The molecule has 6 nitrogen and oxygen atoms in total. The Hall–Kier alpha value is -1.40. The first kappa shape index (κ1) is 17.0. The maximum atomic E-state index is 12.4. The molecule has 4 rings (SSSR count). The molecule has 0 aromatic heterocycles. The van der Waals surface area contributed by atoms with Crippen LogP contribution in [0.5, 0.6) is 0 Å². The first-order valence-corrected chi connectivity index (χ1v) is 9.20. The van der Waals surface area contributed by atoms with Gasteiger partial charge in [-0.15, -0.1) is 0 Å². The normalized spacial score (nSPS) is 39.2. The van der Waals surface area contributed by atoms with Gasteiger partial charge < -0.3 is 18.9 Å². The summed E-state index contributed by atoms with van der Waals surface area (Å²) in [4.78, 5) is 23.6. The molecule has 3 fully saturated rings. The summed E-state index contributed by atoms with van der Waals surface area (Å²) in [5.74, 6) is -0.984. The number of hydrogen-bond acceptors (Lipinski definition) is 6. The van der Waals surface area contributed by atoms with Gasteiger partial charge in [0.05, 0.1) is 18.8 Å². The molecule has 6 heteroatoms. The van der Waals surface area contributed by atoms with Crippen molar-refractivity contribution < 1.29 is 28.5 Å². The van der Waals surface area contributed by atoms with Gasteiger partial charge >= 0.3 is 11.9 Å². The molecule has 0 radical (unpaired) electrons. The van der Waals surface area contributed by atoms with Crippen LogP contribution < -0.4 is 0 Å². The van der Waals surface area contributed by atoms with Crippen LogP contribution in [0.4, 0.5) is 0 Å². The van der Waals surface area contributed by atoms with Crippen molar-refractivity contribution in [3.8, 4) is 0 Å². The zero-order valence-electron chi connectivity index (χ0n) is 15.1. The smallest absolute Gasteiger partial charge is 0.338 e. The molecule has 4 aliphatic rings. The second-order valence-corrected chi connectivity index (χ2v) is 8.09. The van der Waals surface area contributed by atoms with Gasteiger partial charge in [0.1, 0.15) is 12.7 Å². The minimum Gasteiger partial charge on any atom is -0.461 e. The van der Waals surface area contributed by atoms with Crippen molar-refractivity contribution in [2.75, 3.05) is 19.8 Å². The Morgan fingerprint density at radius 1 is 1.24 bits per heavy atom. The van der Waals surface area contributed by atoms with Crippen LogP contribution in [0.3, 0.4) is 0 Å². The van der Waals surface area contributed by atoms with Gasteiger partial charge in [-0.2, -0.15) is 0 Å². The third-order valence-electron chi connectivity index (χ3n) is 6.78. The highest BCUT2D eigenvalue weighted by Crippen LogP contribution is 2.60. The molecule has 0 N–H and O–H groups in total. The number of ether oxygens (including phenoxy) is 4. The average Bonchev–Trinajstić information content (AvgIpc) is 3.14. The number of fused-ring (bicyclic) bond motifs is 3. The molecule has 2 aliphatic carbocycles. The molecule has 25 heavy (non-hydrogen) atoms. The fourth-order valence-electron chi connectivity index (χ4n) is 5.42. The summed E-state index contributed by atoms with van der Waals surface area (Å²) >= 11 is 0. The van der Waals surface area contributed by atoms with E-state index in [2.05, 4.69) is 13.8 Å². The molecule has 1 saturated heterocycles. The van der Waals surface area contributed by atoms with Crippen LogP contribution in [-0.2, 0) is 28.5 Å². The molecular formula is C19H26O6. The number of hydrogen-bond donors (Lipinski definition) is 0. The lowest BCUT2D eigenvalue weighted by Crippen LogP contribution is -2.57. The predicted octanol–water partition coefficient (Wildman–Crippen LogP) is 2.36. The molecule has 1 spiro atoms. The Morgan fingerprint density at radius 3 is 2.64 bits per heavy atom. The lowest BCUT2D eigenvalue weighted by Gasteiger charge is -2.56. The van der Waals surface area contributed by atoms with Crippen molar-refractivity contribution in [2.24, 2.45) is 17.3 Å². The highest BCUT2D eigenvalue weighted by molar-refractivity contribution is 5.93. The fourth-order valence-corrected chi connectivity index (χ4v) is 5.42. The van der Waals surface area contributed by atoms with E-state index < -0.39 is 5.79 Å². The quantitative estimate of drug-likeness (QED) is 0.712. The first-order valence-electron chi connectivity index (χ1n) is 9.20. The topological polar surface area (TPSA) is 71.1 Å². The van der Waals surface area contributed by atoms with Crippen LogP contribution in [0.2, 0.25) is 0 Å². The van der Waals surface area contributed by atoms with Crippen LogP contribution in [0.1, 0.15) is 46.5 Å². The molecule has 138 valence electrons. The van der Waals surface area contributed by atoms with Gasteiger partial charge in [-0.25, -0.2) is 4.79 Å². The van der Waals surface area contributed by atoms with E-state index in [1.54, 1.807) is 0 Å². The monoisotopic (exact) mass is 350 g/mol. The highest BCUT2D eigenvalue weighted by Gasteiger charge is 2.61. The minimum absolute atomic E-state index is 0.00988.